The van der Waals surface area contributed by atoms with Gasteiger partial charge in [-0.3, -0.25) is 9.59 Å². The van der Waals surface area contributed by atoms with Crippen molar-refractivity contribution < 1.29 is 22.8 Å². The number of carbonyl (C=O) groups excluding carboxylic acids is 2. The minimum absolute atomic E-state index is 0.0644. The van der Waals surface area contributed by atoms with Crippen molar-refractivity contribution in [2.75, 3.05) is 5.32 Å². The first-order valence-electron chi connectivity index (χ1n) is 7.81. The Bertz CT molecular complexity index is 990. The zero-order valence-corrected chi connectivity index (χ0v) is 13.8. The zero-order chi connectivity index (χ0) is 18.9. The molecule has 0 aliphatic rings. The van der Waals surface area contributed by atoms with Crippen LogP contribution in [0.1, 0.15) is 21.6 Å². The summed E-state index contributed by atoms with van der Waals surface area (Å²) in [6.45, 7) is 1.61. The third kappa shape index (κ3) is 3.33. The molecule has 1 N–H and O–H groups in total. The van der Waals surface area contributed by atoms with Crippen molar-refractivity contribution in [2.24, 2.45) is 0 Å². The summed E-state index contributed by atoms with van der Waals surface area (Å²) < 4.78 is 40.0. The highest BCUT2D eigenvalue weighted by Gasteiger charge is 2.30. The number of benzene rings is 2. The number of aromatic nitrogens is 1. The number of alkyl halides is 3. The number of hydrogen-bond donors (Lipinski definition) is 1. The highest BCUT2D eigenvalue weighted by atomic mass is 19.4. The number of nitrogens with zero attached hydrogens (tertiary/aromatic N) is 1. The summed E-state index contributed by atoms with van der Waals surface area (Å²) in [7, 11) is 0. The third-order valence-corrected chi connectivity index (χ3v) is 4.17. The lowest BCUT2D eigenvalue weighted by Gasteiger charge is -2.11. The minimum Gasteiger partial charge on any atom is -0.335 e. The molecular weight excluding hydrogens is 345 g/mol. The summed E-state index contributed by atoms with van der Waals surface area (Å²) in [6.07, 6.45) is -3.74. The quantitative estimate of drug-likeness (QED) is 0.700. The Kier molecular flexibility index (Phi) is 4.54. The van der Waals surface area contributed by atoms with Crippen LogP contribution in [0.4, 0.5) is 18.9 Å². The molecule has 0 radical (unpaired) electrons. The van der Waals surface area contributed by atoms with Crippen LogP contribution in [0, 0.1) is 6.92 Å². The monoisotopic (exact) mass is 360 g/mol. The highest BCUT2D eigenvalue weighted by Crippen LogP contribution is 2.30. The lowest BCUT2D eigenvalue weighted by atomic mass is 10.1. The molecule has 0 fully saturated rings. The van der Waals surface area contributed by atoms with Crippen LogP contribution in [-0.2, 0) is 17.5 Å². The van der Waals surface area contributed by atoms with Crippen LogP contribution < -0.4 is 5.32 Å². The molecule has 4 nitrogen and oxygen atoms in total. The van der Waals surface area contributed by atoms with Gasteiger partial charge in [0.15, 0.2) is 6.29 Å². The second-order valence-corrected chi connectivity index (χ2v) is 5.85. The van der Waals surface area contributed by atoms with E-state index in [0.29, 0.717) is 16.8 Å². The van der Waals surface area contributed by atoms with E-state index >= 15 is 0 Å². The van der Waals surface area contributed by atoms with Gasteiger partial charge in [0.2, 0.25) is 5.91 Å². The predicted octanol–water partition coefficient (Wildman–Crippen LogP) is 4.42. The lowest BCUT2D eigenvalue weighted by molar-refractivity contribution is -0.137. The van der Waals surface area contributed by atoms with Crippen LogP contribution in [0.3, 0.4) is 0 Å². The van der Waals surface area contributed by atoms with Gasteiger partial charge in [0.1, 0.15) is 6.54 Å². The smallest absolute Gasteiger partial charge is 0.335 e. The molecule has 1 heterocycles. The molecule has 0 aliphatic carbocycles. The van der Waals surface area contributed by atoms with E-state index in [1.54, 1.807) is 35.8 Å². The molecule has 0 unspecified atom stereocenters. The second-order valence-electron chi connectivity index (χ2n) is 5.85. The molecule has 2 aromatic carbocycles. The number of hydrogen-bond acceptors (Lipinski definition) is 2. The van der Waals surface area contributed by atoms with Crippen LogP contribution in [0.2, 0.25) is 0 Å². The maximum atomic E-state index is 12.8. The van der Waals surface area contributed by atoms with Crippen molar-refractivity contribution in [2.45, 2.75) is 19.6 Å². The molecule has 0 saturated heterocycles. The summed E-state index contributed by atoms with van der Waals surface area (Å²) in [5.41, 5.74) is 1.06. The fourth-order valence-electron chi connectivity index (χ4n) is 2.93. The summed E-state index contributed by atoms with van der Waals surface area (Å²) >= 11 is 0. The molecule has 0 saturated carbocycles. The second kappa shape index (κ2) is 6.67. The van der Waals surface area contributed by atoms with E-state index in [2.05, 4.69) is 5.32 Å². The van der Waals surface area contributed by atoms with Gasteiger partial charge < -0.3 is 9.88 Å². The molecular formula is C19H15F3N2O2. The van der Waals surface area contributed by atoms with E-state index in [0.717, 1.165) is 23.8 Å². The van der Waals surface area contributed by atoms with Crippen LogP contribution in [-0.4, -0.2) is 16.8 Å². The highest BCUT2D eigenvalue weighted by molar-refractivity contribution is 6.00. The van der Waals surface area contributed by atoms with Crippen molar-refractivity contribution in [3.8, 4) is 0 Å². The number of fused-ring (bicyclic) bond motifs is 1. The standard InChI is InChI=1S/C19H15F3N2O2/c1-12-16(11-25)15-7-2-3-8-17(15)24(12)10-18(26)23-14-6-4-5-13(9-14)19(20,21)22/h2-9,11H,10H2,1H3,(H,23,26). The zero-order valence-electron chi connectivity index (χ0n) is 13.8. The predicted molar refractivity (Wildman–Crippen MR) is 92.1 cm³/mol. The van der Waals surface area contributed by atoms with Crippen molar-refractivity contribution in [3.05, 3.63) is 65.4 Å². The number of rotatable bonds is 4. The van der Waals surface area contributed by atoms with Crippen molar-refractivity contribution in [1.82, 2.24) is 4.57 Å². The molecule has 0 spiro atoms. The number of halogens is 3. The molecule has 134 valence electrons. The Balaban J connectivity index is 1.87. The van der Waals surface area contributed by atoms with E-state index in [1.165, 1.54) is 12.1 Å². The van der Waals surface area contributed by atoms with Gasteiger partial charge in [0.05, 0.1) is 5.56 Å². The van der Waals surface area contributed by atoms with Gasteiger partial charge in [-0.1, -0.05) is 24.3 Å². The van der Waals surface area contributed by atoms with Crippen molar-refractivity contribution in [3.63, 3.8) is 0 Å². The Morgan fingerprint density at radius 1 is 1.15 bits per heavy atom. The lowest BCUT2D eigenvalue weighted by Crippen LogP contribution is -2.20. The Labute approximate surface area is 147 Å². The number of amides is 1. The fraction of sp³-hybridized carbons (Fsp3) is 0.158. The Morgan fingerprint density at radius 2 is 1.88 bits per heavy atom. The Morgan fingerprint density at radius 3 is 2.58 bits per heavy atom. The van der Waals surface area contributed by atoms with Gasteiger partial charge in [-0.15, -0.1) is 0 Å². The molecule has 0 bridgehead atoms. The summed E-state index contributed by atoms with van der Waals surface area (Å²) in [6, 6.07) is 11.6. The summed E-state index contributed by atoms with van der Waals surface area (Å²) in [4.78, 5) is 23.7. The number of anilines is 1. The average molecular weight is 360 g/mol. The first-order valence-corrected chi connectivity index (χ1v) is 7.81. The molecule has 0 aliphatic heterocycles. The van der Waals surface area contributed by atoms with Gasteiger partial charge in [-0.25, -0.2) is 0 Å². The molecule has 1 amide bonds. The van der Waals surface area contributed by atoms with Crippen molar-refractivity contribution >= 4 is 28.8 Å². The van der Waals surface area contributed by atoms with Crippen LogP contribution in [0.25, 0.3) is 10.9 Å². The SMILES string of the molecule is Cc1c(C=O)c2ccccc2n1CC(=O)Nc1cccc(C(F)(F)F)c1. The van der Waals surface area contributed by atoms with E-state index in [-0.39, 0.29) is 12.2 Å². The van der Waals surface area contributed by atoms with Gasteiger partial charge in [-0.2, -0.15) is 13.2 Å². The topological polar surface area (TPSA) is 51.1 Å². The molecule has 0 atom stereocenters. The molecule has 1 aromatic heterocycles. The maximum Gasteiger partial charge on any atom is 0.416 e. The minimum atomic E-state index is -4.48. The maximum absolute atomic E-state index is 12.8. The molecule has 26 heavy (non-hydrogen) atoms. The molecule has 7 heteroatoms. The van der Waals surface area contributed by atoms with E-state index in [9.17, 15) is 22.8 Å². The molecule has 3 rings (SSSR count). The normalized spacial score (nSPS) is 11.5. The summed E-state index contributed by atoms with van der Waals surface area (Å²) in [5, 5.41) is 3.20. The largest absolute Gasteiger partial charge is 0.416 e. The van der Waals surface area contributed by atoms with Crippen LogP contribution in [0.5, 0.6) is 0 Å². The number of aldehydes is 1. The molecule has 3 aromatic rings. The number of nitrogens with one attached hydrogen (secondary N) is 1. The van der Waals surface area contributed by atoms with Crippen molar-refractivity contribution in [1.29, 1.82) is 0 Å². The number of carbonyl (C=O) groups is 2. The van der Waals surface area contributed by atoms with Gasteiger partial charge in [0, 0.05) is 27.8 Å². The third-order valence-electron chi connectivity index (χ3n) is 4.17. The average Bonchev–Trinajstić information content (AvgIpc) is 2.86. The van der Waals surface area contributed by atoms with E-state index in [4.69, 9.17) is 0 Å². The Hall–Kier alpha value is -3.09. The van der Waals surface area contributed by atoms with E-state index in [1.807, 2.05) is 0 Å². The van der Waals surface area contributed by atoms with Gasteiger partial charge in [0.25, 0.3) is 0 Å². The summed E-state index contributed by atoms with van der Waals surface area (Å²) in [5.74, 6) is -0.481. The first kappa shape index (κ1) is 17.7. The van der Waals surface area contributed by atoms with E-state index < -0.39 is 17.6 Å². The number of para-hydroxylation sites is 1. The van der Waals surface area contributed by atoms with Crippen LogP contribution >= 0.6 is 0 Å². The first-order chi connectivity index (χ1) is 12.3. The fourth-order valence-corrected chi connectivity index (χ4v) is 2.93. The van der Waals surface area contributed by atoms with Gasteiger partial charge >= 0.3 is 6.18 Å². The van der Waals surface area contributed by atoms with Gasteiger partial charge in [-0.05, 0) is 31.2 Å². The van der Waals surface area contributed by atoms with Crippen LogP contribution in [0.15, 0.2) is 48.5 Å².